The fraction of sp³-hybridized carbons (Fsp3) is 0.333. The summed E-state index contributed by atoms with van der Waals surface area (Å²) < 4.78 is 1.83. The number of β-amino-alcohol motifs (C(OH)–C–C–N with tert-alkyl or cyclic N) is 1. The molecule has 4 heterocycles. The number of nitrogen functional groups attached to an aromatic ring is 1. The second-order valence-corrected chi connectivity index (χ2v) is 7.99. The molecule has 0 aliphatic carbocycles. The molecule has 1 saturated heterocycles. The molecule has 2 atom stereocenters. The van der Waals surface area contributed by atoms with Gasteiger partial charge in [0.25, 0.3) is 0 Å². The van der Waals surface area contributed by atoms with E-state index in [9.17, 15) is 5.11 Å². The van der Waals surface area contributed by atoms with Crippen molar-refractivity contribution in [3.8, 4) is 0 Å². The normalized spacial score (nSPS) is 19.7. The van der Waals surface area contributed by atoms with E-state index >= 15 is 0 Å². The molecule has 4 N–H and O–H groups in total. The highest BCUT2D eigenvalue weighted by atomic mass is 16.3. The summed E-state index contributed by atoms with van der Waals surface area (Å²) in [6.07, 6.45) is 4.84. The van der Waals surface area contributed by atoms with Crippen molar-refractivity contribution in [1.29, 1.82) is 0 Å². The molecular weight excluding hydrogens is 380 g/mol. The second-order valence-electron chi connectivity index (χ2n) is 7.99. The summed E-state index contributed by atoms with van der Waals surface area (Å²) >= 11 is 0. The molecule has 0 saturated carbocycles. The van der Waals surface area contributed by atoms with E-state index in [-0.39, 0.29) is 5.92 Å². The molecule has 0 unspecified atom stereocenters. The molecule has 1 fully saturated rings. The largest absolute Gasteiger partial charge is 0.391 e. The van der Waals surface area contributed by atoms with Crippen molar-refractivity contribution in [3.63, 3.8) is 0 Å². The number of aromatic amines is 1. The number of likely N-dealkylation sites (tertiary alicyclic amines) is 1. The van der Waals surface area contributed by atoms with Gasteiger partial charge in [-0.25, -0.2) is 14.6 Å². The second kappa shape index (κ2) is 7.51. The number of fused-ring (bicyclic) bond motifs is 1. The molecule has 154 valence electrons. The number of benzene rings is 1. The van der Waals surface area contributed by atoms with Crippen LogP contribution in [0.2, 0.25) is 0 Å². The summed E-state index contributed by atoms with van der Waals surface area (Å²) in [6, 6.07) is 8.38. The van der Waals surface area contributed by atoms with Crippen LogP contribution in [0.1, 0.15) is 28.3 Å². The molecule has 3 aromatic heterocycles. The van der Waals surface area contributed by atoms with E-state index in [4.69, 9.17) is 5.73 Å². The van der Waals surface area contributed by atoms with Gasteiger partial charge >= 0.3 is 0 Å². The number of anilines is 1. The van der Waals surface area contributed by atoms with Crippen LogP contribution in [-0.4, -0.2) is 59.1 Å². The molecular formula is C21H24N8O. The predicted octanol–water partition coefficient (Wildman–Crippen LogP) is 1.45. The Morgan fingerprint density at radius 2 is 2.00 bits per heavy atom. The van der Waals surface area contributed by atoms with Crippen LogP contribution in [0.15, 0.2) is 43.0 Å². The Labute approximate surface area is 173 Å². The first-order valence-corrected chi connectivity index (χ1v) is 9.99. The smallest absolute Gasteiger partial charge is 0.151 e. The van der Waals surface area contributed by atoms with E-state index in [0.29, 0.717) is 32.0 Å². The number of aromatic nitrogens is 6. The Bertz CT molecular complexity index is 1170. The zero-order valence-electron chi connectivity index (χ0n) is 16.7. The SMILES string of the molecule is Cc1ccc(Cn2cc([C@H]3CN(Cc4c[nH]c5c(N)ncnc45)C[C@@H]3O)nn2)cc1. The summed E-state index contributed by atoms with van der Waals surface area (Å²) in [4.78, 5) is 13.7. The summed E-state index contributed by atoms with van der Waals surface area (Å²) in [7, 11) is 0. The number of nitrogens with two attached hydrogens (primary N) is 1. The predicted molar refractivity (Wildman–Crippen MR) is 113 cm³/mol. The van der Waals surface area contributed by atoms with Crippen molar-refractivity contribution in [2.45, 2.75) is 32.0 Å². The minimum atomic E-state index is -0.487. The Morgan fingerprint density at radius 1 is 1.17 bits per heavy atom. The van der Waals surface area contributed by atoms with Gasteiger partial charge in [-0.15, -0.1) is 5.10 Å². The maximum atomic E-state index is 10.7. The van der Waals surface area contributed by atoms with Crippen molar-refractivity contribution < 1.29 is 5.11 Å². The van der Waals surface area contributed by atoms with Crippen molar-refractivity contribution >= 4 is 16.9 Å². The Hall–Kier alpha value is -3.30. The van der Waals surface area contributed by atoms with E-state index in [1.165, 1.54) is 17.5 Å². The van der Waals surface area contributed by atoms with Gasteiger partial charge in [-0.2, -0.15) is 0 Å². The minimum Gasteiger partial charge on any atom is -0.391 e. The Morgan fingerprint density at radius 3 is 2.83 bits per heavy atom. The molecule has 1 aromatic carbocycles. The number of hydrogen-bond donors (Lipinski definition) is 3. The fourth-order valence-corrected chi connectivity index (χ4v) is 4.10. The van der Waals surface area contributed by atoms with E-state index < -0.39 is 6.10 Å². The summed E-state index contributed by atoms with van der Waals surface area (Å²) in [5.41, 5.74) is 11.7. The van der Waals surface area contributed by atoms with E-state index in [1.54, 1.807) is 0 Å². The number of aliphatic hydroxyl groups is 1. The standard InChI is InChI=1S/C21H24N8O/c1-13-2-4-14(5-3-13)7-29-10-17(26-27-29)16-9-28(11-18(16)30)8-15-6-23-20-19(15)24-12-25-21(20)22/h2-6,10,12,16,18,23,30H,7-9,11H2,1H3,(H2,22,24,25)/t16-,18+/m1/s1. The monoisotopic (exact) mass is 404 g/mol. The highest BCUT2D eigenvalue weighted by molar-refractivity contribution is 5.86. The highest BCUT2D eigenvalue weighted by Gasteiger charge is 2.34. The lowest BCUT2D eigenvalue weighted by atomic mass is 10.0. The quantitative estimate of drug-likeness (QED) is 0.460. The molecule has 30 heavy (non-hydrogen) atoms. The van der Waals surface area contributed by atoms with Gasteiger partial charge in [-0.05, 0) is 12.5 Å². The average molecular weight is 404 g/mol. The topological polar surface area (TPSA) is 122 Å². The van der Waals surface area contributed by atoms with Crippen molar-refractivity contribution in [1.82, 2.24) is 34.8 Å². The summed E-state index contributed by atoms with van der Waals surface area (Å²) in [5.74, 6) is 0.373. The molecule has 4 aromatic rings. The van der Waals surface area contributed by atoms with Gasteiger partial charge in [0, 0.05) is 43.5 Å². The van der Waals surface area contributed by atoms with Crippen LogP contribution in [0.25, 0.3) is 11.0 Å². The Balaban J connectivity index is 1.28. The van der Waals surface area contributed by atoms with Crippen LogP contribution in [0.4, 0.5) is 5.82 Å². The van der Waals surface area contributed by atoms with Gasteiger partial charge in [0.05, 0.1) is 23.9 Å². The van der Waals surface area contributed by atoms with Crippen LogP contribution >= 0.6 is 0 Å². The van der Waals surface area contributed by atoms with Crippen molar-refractivity contribution in [3.05, 3.63) is 65.4 Å². The van der Waals surface area contributed by atoms with Crippen LogP contribution in [0, 0.1) is 6.92 Å². The number of aryl methyl sites for hydroxylation is 1. The van der Waals surface area contributed by atoms with Gasteiger partial charge in [-0.3, -0.25) is 4.90 Å². The molecule has 9 heteroatoms. The van der Waals surface area contributed by atoms with Gasteiger partial charge in [0.1, 0.15) is 11.8 Å². The van der Waals surface area contributed by atoms with Gasteiger partial charge in [0.2, 0.25) is 0 Å². The summed E-state index contributed by atoms with van der Waals surface area (Å²) in [6.45, 7) is 4.68. The van der Waals surface area contributed by atoms with Crippen LogP contribution in [0.3, 0.4) is 0 Å². The summed E-state index contributed by atoms with van der Waals surface area (Å²) in [5, 5.41) is 19.3. The molecule has 9 nitrogen and oxygen atoms in total. The first-order valence-electron chi connectivity index (χ1n) is 9.99. The van der Waals surface area contributed by atoms with Crippen molar-refractivity contribution in [2.75, 3.05) is 18.8 Å². The first kappa shape index (κ1) is 18.7. The lowest BCUT2D eigenvalue weighted by Gasteiger charge is -2.14. The molecule has 5 rings (SSSR count). The minimum absolute atomic E-state index is 0.0679. The third-order valence-corrected chi connectivity index (χ3v) is 5.73. The third-order valence-electron chi connectivity index (χ3n) is 5.73. The number of aliphatic hydroxyl groups excluding tert-OH is 1. The van der Waals surface area contributed by atoms with E-state index in [0.717, 1.165) is 22.3 Å². The highest BCUT2D eigenvalue weighted by Crippen LogP contribution is 2.29. The number of rotatable bonds is 5. The molecule has 0 amide bonds. The van der Waals surface area contributed by atoms with Crippen molar-refractivity contribution in [2.24, 2.45) is 0 Å². The van der Waals surface area contributed by atoms with Crippen LogP contribution in [0.5, 0.6) is 0 Å². The van der Waals surface area contributed by atoms with Crippen LogP contribution in [-0.2, 0) is 13.1 Å². The first-order chi connectivity index (χ1) is 14.6. The zero-order chi connectivity index (χ0) is 20.7. The molecule has 0 radical (unpaired) electrons. The molecule has 0 bridgehead atoms. The van der Waals surface area contributed by atoms with E-state index in [1.807, 2.05) is 17.1 Å². The molecule has 1 aliphatic rings. The average Bonchev–Trinajstić information content (AvgIpc) is 3.44. The van der Waals surface area contributed by atoms with Gasteiger partial charge < -0.3 is 15.8 Å². The molecule has 1 aliphatic heterocycles. The maximum Gasteiger partial charge on any atom is 0.151 e. The zero-order valence-corrected chi connectivity index (χ0v) is 16.7. The van der Waals surface area contributed by atoms with Crippen LogP contribution < -0.4 is 5.73 Å². The lowest BCUT2D eigenvalue weighted by Crippen LogP contribution is -2.21. The number of nitrogens with one attached hydrogen (secondary N) is 1. The number of H-pyrrole nitrogens is 1. The lowest BCUT2D eigenvalue weighted by molar-refractivity contribution is 0.162. The van der Waals surface area contributed by atoms with E-state index in [2.05, 4.69) is 61.4 Å². The third kappa shape index (κ3) is 3.53. The fourth-order valence-electron chi connectivity index (χ4n) is 4.10. The number of nitrogens with zero attached hydrogens (tertiary/aromatic N) is 6. The molecule has 0 spiro atoms. The Kier molecular flexibility index (Phi) is 4.68. The number of hydrogen-bond acceptors (Lipinski definition) is 7. The van der Waals surface area contributed by atoms with Gasteiger partial charge in [0.15, 0.2) is 5.82 Å². The maximum absolute atomic E-state index is 10.7. The van der Waals surface area contributed by atoms with Gasteiger partial charge in [-0.1, -0.05) is 35.0 Å².